The van der Waals surface area contributed by atoms with Gasteiger partial charge < -0.3 is 19.7 Å². The zero-order chi connectivity index (χ0) is 21.1. The number of benzene rings is 1. The first-order chi connectivity index (χ1) is 13.8. The molecule has 1 aromatic carbocycles. The van der Waals surface area contributed by atoms with Crippen LogP contribution in [0, 0.1) is 0 Å². The summed E-state index contributed by atoms with van der Waals surface area (Å²) in [6.07, 6.45) is 2.70. The van der Waals surface area contributed by atoms with Crippen LogP contribution in [-0.4, -0.2) is 51.4 Å². The van der Waals surface area contributed by atoms with Crippen LogP contribution in [0.4, 0.5) is 0 Å². The molecule has 0 bridgehead atoms. The Kier molecular flexibility index (Phi) is 5.64. The van der Waals surface area contributed by atoms with Crippen molar-refractivity contribution in [2.45, 2.75) is 6.42 Å². The summed E-state index contributed by atoms with van der Waals surface area (Å²) in [6.45, 7) is -0.0348. The number of rotatable bonds is 6. The smallest absolute Gasteiger partial charge is 0.341 e. The van der Waals surface area contributed by atoms with E-state index in [0.29, 0.717) is 5.69 Å². The summed E-state index contributed by atoms with van der Waals surface area (Å²) < 4.78 is 6.23. The molecular weight excluding hydrogens is 404 g/mol. The normalized spacial score (nSPS) is 10.7. The molecule has 0 spiro atoms. The summed E-state index contributed by atoms with van der Waals surface area (Å²) in [7, 11) is 1.21. The zero-order valence-electron chi connectivity index (χ0n) is 15.1. The highest BCUT2D eigenvalue weighted by atomic mass is 35.5. The third-order valence-electron chi connectivity index (χ3n) is 4.09. The van der Waals surface area contributed by atoms with Gasteiger partial charge in [-0.2, -0.15) is 5.10 Å². The lowest BCUT2D eigenvalue weighted by atomic mass is 10.1. The number of esters is 1. The lowest BCUT2D eigenvalue weighted by molar-refractivity contribution is -0.136. The minimum absolute atomic E-state index is 0.0348. The van der Waals surface area contributed by atoms with Gasteiger partial charge >= 0.3 is 11.9 Å². The minimum Gasteiger partial charge on any atom is -0.481 e. The Morgan fingerprint density at radius 1 is 1.28 bits per heavy atom. The van der Waals surface area contributed by atoms with E-state index < -0.39 is 23.4 Å². The highest BCUT2D eigenvalue weighted by molar-refractivity contribution is 6.34. The van der Waals surface area contributed by atoms with Gasteiger partial charge in [-0.25, -0.2) is 9.89 Å². The van der Waals surface area contributed by atoms with Crippen molar-refractivity contribution in [1.82, 2.24) is 20.1 Å². The SMILES string of the molecule is COC(=O)c1cn(-c2ccc(C(=O)NCCC(=O)O)c(Cl)c2)cc2c(=O)[nH]nc1-2. The van der Waals surface area contributed by atoms with E-state index in [1.165, 1.54) is 36.2 Å². The number of H-pyrrole nitrogens is 1. The number of methoxy groups -OCH3 is 1. The number of aromatic amines is 1. The summed E-state index contributed by atoms with van der Waals surface area (Å²) >= 11 is 6.21. The first-order valence-corrected chi connectivity index (χ1v) is 8.68. The molecule has 1 aromatic rings. The number of aromatic nitrogens is 3. The molecule has 150 valence electrons. The van der Waals surface area contributed by atoms with E-state index in [4.69, 9.17) is 21.4 Å². The first-order valence-electron chi connectivity index (χ1n) is 8.30. The van der Waals surface area contributed by atoms with Gasteiger partial charge in [0, 0.05) is 24.6 Å². The number of aliphatic carboxylic acids is 1. The van der Waals surface area contributed by atoms with Crippen molar-refractivity contribution in [3.05, 3.63) is 57.1 Å². The van der Waals surface area contributed by atoms with Crippen LogP contribution in [0.5, 0.6) is 0 Å². The molecule has 0 atom stereocenters. The van der Waals surface area contributed by atoms with Crippen LogP contribution < -0.4 is 10.9 Å². The van der Waals surface area contributed by atoms with Gasteiger partial charge in [-0.1, -0.05) is 11.6 Å². The molecule has 29 heavy (non-hydrogen) atoms. The number of hydrogen-bond donors (Lipinski definition) is 3. The molecule has 0 aromatic heterocycles. The van der Waals surface area contributed by atoms with Crippen molar-refractivity contribution in [2.75, 3.05) is 13.7 Å². The fourth-order valence-corrected chi connectivity index (χ4v) is 2.93. The second-order valence-corrected chi connectivity index (χ2v) is 6.36. The van der Waals surface area contributed by atoms with Crippen molar-refractivity contribution < 1.29 is 24.2 Å². The van der Waals surface area contributed by atoms with E-state index in [1.807, 2.05) is 0 Å². The maximum Gasteiger partial charge on any atom is 0.341 e. The quantitative estimate of drug-likeness (QED) is 0.512. The lowest BCUT2D eigenvalue weighted by Gasteiger charge is -2.13. The Morgan fingerprint density at radius 3 is 2.69 bits per heavy atom. The van der Waals surface area contributed by atoms with Crippen LogP contribution in [0.2, 0.25) is 5.02 Å². The number of nitrogens with one attached hydrogen (secondary N) is 2. The number of hydrogen-bond acceptors (Lipinski definition) is 6. The topological polar surface area (TPSA) is 143 Å². The van der Waals surface area contributed by atoms with Crippen LogP contribution >= 0.6 is 11.6 Å². The second kappa shape index (κ2) is 8.15. The largest absolute Gasteiger partial charge is 0.481 e. The summed E-state index contributed by atoms with van der Waals surface area (Å²) in [4.78, 5) is 46.7. The maximum absolute atomic E-state index is 12.2. The first kappa shape index (κ1) is 20.1. The molecule has 2 aliphatic heterocycles. The van der Waals surface area contributed by atoms with E-state index in [0.717, 1.165) is 0 Å². The Morgan fingerprint density at radius 2 is 2.03 bits per heavy atom. The number of halogens is 1. The summed E-state index contributed by atoms with van der Waals surface area (Å²) in [5.41, 5.74) is 0.598. The van der Waals surface area contributed by atoms with E-state index in [-0.39, 0.29) is 40.4 Å². The molecule has 3 rings (SSSR count). The molecule has 0 saturated carbocycles. The van der Waals surface area contributed by atoms with Crippen molar-refractivity contribution in [3.8, 4) is 16.9 Å². The third-order valence-corrected chi connectivity index (χ3v) is 4.40. The average molecular weight is 419 g/mol. The van der Waals surface area contributed by atoms with Gasteiger partial charge in [-0.05, 0) is 18.2 Å². The van der Waals surface area contributed by atoms with Crippen LogP contribution in [0.3, 0.4) is 0 Å². The minimum atomic E-state index is -1.03. The summed E-state index contributed by atoms with van der Waals surface area (Å²) in [5, 5.41) is 17.3. The molecule has 3 N–H and O–H groups in total. The molecule has 0 saturated heterocycles. The Hall–Kier alpha value is -3.66. The van der Waals surface area contributed by atoms with Gasteiger partial charge in [0.15, 0.2) is 0 Å². The summed E-state index contributed by atoms with van der Waals surface area (Å²) in [5.74, 6) is -2.22. The predicted molar refractivity (Wildman–Crippen MR) is 102 cm³/mol. The maximum atomic E-state index is 12.2. The molecule has 0 radical (unpaired) electrons. The van der Waals surface area contributed by atoms with E-state index >= 15 is 0 Å². The monoisotopic (exact) mass is 418 g/mol. The number of carboxylic acids is 1. The number of carbonyl (C=O) groups is 3. The number of carbonyl (C=O) groups excluding carboxylic acids is 2. The molecule has 10 nitrogen and oxygen atoms in total. The summed E-state index contributed by atoms with van der Waals surface area (Å²) in [6, 6.07) is 4.50. The number of carboxylic acid groups (broad SMARTS) is 1. The van der Waals surface area contributed by atoms with Crippen molar-refractivity contribution in [1.29, 1.82) is 0 Å². The number of nitrogens with zero attached hydrogens (tertiary/aromatic N) is 2. The highest BCUT2D eigenvalue weighted by Gasteiger charge is 2.22. The van der Waals surface area contributed by atoms with E-state index in [1.54, 1.807) is 6.07 Å². The number of amides is 1. The number of fused-ring (bicyclic) bond motifs is 1. The van der Waals surface area contributed by atoms with Crippen molar-refractivity contribution in [3.63, 3.8) is 0 Å². The predicted octanol–water partition coefficient (Wildman–Crippen LogP) is 1.31. The Bertz CT molecular complexity index is 1140. The lowest BCUT2D eigenvalue weighted by Crippen LogP contribution is -2.26. The Labute approximate surface area is 168 Å². The van der Waals surface area contributed by atoms with Gasteiger partial charge in [0.05, 0.1) is 29.7 Å². The van der Waals surface area contributed by atoms with E-state index in [9.17, 15) is 19.2 Å². The van der Waals surface area contributed by atoms with Gasteiger partial charge in [0.25, 0.3) is 11.5 Å². The fraction of sp³-hybridized carbons (Fsp3) is 0.167. The fourth-order valence-electron chi connectivity index (χ4n) is 2.67. The molecule has 0 unspecified atom stereocenters. The van der Waals surface area contributed by atoms with Crippen molar-refractivity contribution in [2.24, 2.45) is 0 Å². The van der Waals surface area contributed by atoms with Crippen LogP contribution in [-0.2, 0) is 9.53 Å². The van der Waals surface area contributed by atoms with Gasteiger partial charge in [-0.15, -0.1) is 0 Å². The molecule has 11 heteroatoms. The van der Waals surface area contributed by atoms with Crippen molar-refractivity contribution >= 4 is 29.4 Å². The molecule has 2 aliphatic rings. The molecule has 1 amide bonds. The molecule has 0 fully saturated rings. The molecule has 2 heterocycles. The van der Waals surface area contributed by atoms with Gasteiger partial charge in [0.1, 0.15) is 11.3 Å². The molecule has 0 aliphatic carbocycles. The van der Waals surface area contributed by atoms with Gasteiger partial charge in [0.2, 0.25) is 0 Å². The highest BCUT2D eigenvalue weighted by Crippen LogP contribution is 2.25. The number of pyridine rings is 1. The van der Waals surface area contributed by atoms with Crippen LogP contribution in [0.1, 0.15) is 27.1 Å². The molecular formula is C18H15ClN4O6. The average Bonchev–Trinajstić information content (AvgIpc) is 3.07. The third kappa shape index (κ3) is 4.11. The van der Waals surface area contributed by atoms with Crippen LogP contribution in [0.15, 0.2) is 35.4 Å². The second-order valence-electron chi connectivity index (χ2n) is 5.95. The van der Waals surface area contributed by atoms with Crippen LogP contribution in [0.25, 0.3) is 16.9 Å². The standard InChI is InChI=1S/C18H15ClN4O6/c1-29-18(28)12-8-23(7-11-15(12)21-22-17(11)27)9-2-3-10(13(19)6-9)16(26)20-5-4-14(24)25/h2-3,6-8H,4-5H2,1H3,(H,20,26)(H,22,27)(H,24,25). The van der Waals surface area contributed by atoms with E-state index in [2.05, 4.69) is 15.5 Å². The zero-order valence-corrected chi connectivity index (χ0v) is 15.8. The Balaban J connectivity index is 1.97. The number of ether oxygens (including phenoxy) is 1. The van der Waals surface area contributed by atoms with Gasteiger partial charge in [-0.3, -0.25) is 14.4 Å².